The van der Waals surface area contributed by atoms with Gasteiger partial charge in [0.25, 0.3) is 5.91 Å². The Hall–Kier alpha value is -1.79. The van der Waals surface area contributed by atoms with Crippen LogP contribution in [0.5, 0.6) is 0 Å². The maximum Gasteiger partial charge on any atom is 0.251 e. The summed E-state index contributed by atoms with van der Waals surface area (Å²) in [6.07, 6.45) is 2.14. The lowest BCUT2D eigenvalue weighted by molar-refractivity contribution is 0.0925. The molecule has 0 aliphatic carbocycles. The second-order valence-electron chi connectivity index (χ2n) is 5.43. The molecule has 114 valence electrons. The zero-order chi connectivity index (χ0) is 15.8. The van der Waals surface area contributed by atoms with Crippen molar-refractivity contribution >= 4 is 5.91 Å². The van der Waals surface area contributed by atoms with Gasteiger partial charge in [-0.2, -0.15) is 0 Å². The molecule has 1 aromatic carbocycles. The van der Waals surface area contributed by atoms with Crippen LogP contribution in [0.15, 0.2) is 18.2 Å². The summed E-state index contributed by atoms with van der Waals surface area (Å²) in [4.78, 5) is 12.4. The van der Waals surface area contributed by atoms with Gasteiger partial charge in [0, 0.05) is 17.2 Å². The lowest BCUT2D eigenvalue weighted by Gasteiger charge is -2.22. The molecule has 3 heteroatoms. The molecule has 0 bridgehead atoms. The van der Waals surface area contributed by atoms with Crippen molar-refractivity contribution in [2.45, 2.75) is 46.6 Å². The quantitative estimate of drug-likeness (QED) is 0.818. The number of benzene rings is 1. The van der Waals surface area contributed by atoms with Crippen LogP contribution in [0.25, 0.3) is 0 Å². The van der Waals surface area contributed by atoms with Gasteiger partial charge < -0.3 is 11.1 Å². The Morgan fingerprint density at radius 2 is 1.95 bits per heavy atom. The van der Waals surface area contributed by atoms with Gasteiger partial charge in [0.2, 0.25) is 0 Å². The van der Waals surface area contributed by atoms with Crippen LogP contribution in [0.4, 0.5) is 0 Å². The molecule has 1 atom stereocenters. The van der Waals surface area contributed by atoms with Crippen LogP contribution in [0, 0.1) is 24.7 Å². The highest BCUT2D eigenvalue weighted by Gasteiger charge is 2.17. The summed E-state index contributed by atoms with van der Waals surface area (Å²) in [5.74, 6) is 6.28. The van der Waals surface area contributed by atoms with Crippen LogP contribution < -0.4 is 11.1 Å². The first-order valence-electron chi connectivity index (χ1n) is 7.63. The van der Waals surface area contributed by atoms with E-state index >= 15 is 0 Å². The average Bonchev–Trinajstić information content (AvgIpc) is 2.45. The molecular formula is C18H26N2O. The predicted molar refractivity (Wildman–Crippen MR) is 88.1 cm³/mol. The summed E-state index contributed by atoms with van der Waals surface area (Å²) in [5, 5.41) is 3.10. The van der Waals surface area contributed by atoms with Crippen molar-refractivity contribution in [3.63, 3.8) is 0 Å². The van der Waals surface area contributed by atoms with E-state index in [1.807, 2.05) is 25.1 Å². The summed E-state index contributed by atoms with van der Waals surface area (Å²) in [6.45, 7) is 8.67. The Morgan fingerprint density at radius 3 is 2.52 bits per heavy atom. The van der Waals surface area contributed by atoms with Crippen LogP contribution in [-0.4, -0.2) is 18.5 Å². The third-order valence-corrected chi connectivity index (χ3v) is 3.79. The molecule has 1 aromatic rings. The molecule has 0 aliphatic rings. The minimum absolute atomic E-state index is 0.0334. The maximum atomic E-state index is 12.4. The Balaban J connectivity index is 2.89. The van der Waals surface area contributed by atoms with Crippen LogP contribution in [-0.2, 0) is 0 Å². The third-order valence-electron chi connectivity index (χ3n) is 3.79. The number of amides is 1. The molecule has 0 radical (unpaired) electrons. The van der Waals surface area contributed by atoms with E-state index in [1.165, 1.54) is 0 Å². The fourth-order valence-electron chi connectivity index (χ4n) is 2.54. The second-order valence-corrected chi connectivity index (χ2v) is 5.43. The van der Waals surface area contributed by atoms with Gasteiger partial charge in [0.1, 0.15) is 0 Å². The van der Waals surface area contributed by atoms with Gasteiger partial charge in [-0.1, -0.05) is 38.5 Å². The topological polar surface area (TPSA) is 55.1 Å². The summed E-state index contributed by atoms with van der Waals surface area (Å²) in [5.41, 5.74) is 7.91. The van der Waals surface area contributed by atoms with Gasteiger partial charge in [0.15, 0.2) is 0 Å². The molecule has 0 saturated heterocycles. The average molecular weight is 286 g/mol. The number of aryl methyl sites for hydroxylation is 1. The minimum atomic E-state index is -0.0334. The first-order chi connectivity index (χ1) is 10.0. The highest BCUT2D eigenvalue weighted by atomic mass is 16.1. The predicted octanol–water partition coefficient (Wildman–Crippen LogP) is 2.86. The van der Waals surface area contributed by atoms with Gasteiger partial charge in [-0.3, -0.25) is 4.79 Å². The largest absolute Gasteiger partial charge is 0.349 e. The Kier molecular flexibility index (Phi) is 6.98. The molecule has 3 nitrogen and oxygen atoms in total. The highest BCUT2D eigenvalue weighted by molar-refractivity contribution is 5.95. The zero-order valence-electron chi connectivity index (χ0n) is 13.5. The summed E-state index contributed by atoms with van der Waals surface area (Å²) < 4.78 is 0. The number of carbonyl (C=O) groups excluding carboxylic acids is 1. The molecule has 1 unspecified atom stereocenters. The minimum Gasteiger partial charge on any atom is -0.349 e. The Labute approximate surface area is 128 Å². The standard InChI is InChI=1S/C18H26N2O/c1-5-16(6-2)14(4)20-18(21)17-11-13(3)10-15(12-17)8-7-9-19/h10-12,14,16H,5-6,9,19H2,1-4H3,(H,20,21). The monoisotopic (exact) mass is 286 g/mol. The van der Waals surface area contributed by atoms with E-state index in [4.69, 9.17) is 5.73 Å². The smallest absolute Gasteiger partial charge is 0.251 e. The number of rotatable bonds is 5. The van der Waals surface area contributed by atoms with E-state index in [1.54, 1.807) is 0 Å². The molecule has 0 saturated carbocycles. The molecule has 1 rings (SSSR count). The van der Waals surface area contributed by atoms with Crippen LogP contribution >= 0.6 is 0 Å². The number of nitrogens with two attached hydrogens (primary N) is 1. The fourth-order valence-corrected chi connectivity index (χ4v) is 2.54. The van der Waals surface area contributed by atoms with Gasteiger partial charge in [-0.05, 0) is 43.5 Å². The van der Waals surface area contributed by atoms with Crippen LogP contribution in [0.3, 0.4) is 0 Å². The molecule has 21 heavy (non-hydrogen) atoms. The highest BCUT2D eigenvalue weighted by Crippen LogP contribution is 2.14. The second kappa shape index (κ2) is 8.49. The lowest BCUT2D eigenvalue weighted by atomic mass is 9.95. The lowest BCUT2D eigenvalue weighted by Crippen LogP contribution is -2.37. The first kappa shape index (κ1) is 17.3. The van der Waals surface area contributed by atoms with Crippen molar-refractivity contribution in [3.05, 3.63) is 34.9 Å². The third kappa shape index (κ3) is 5.24. The van der Waals surface area contributed by atoms with Gasteiger partial charge in [-0.15, -0.1) is 0 Å². The first-order valence-corrected chi connectivity index (χ1v) is 7.63. The van der Waals surface area contributed by atoms with Crippen LogP contribution in [0.2, 0.25) is 0 Å². The molecule has 0 aliphatic heterocycles. The van der Waals surface area contributed by atoms with E-state index in [0.717, 1.165) is 24.0 Å². The molecule has 0 spiro atoms. The number of hydrogen-bond acceptors (Lipinski definition) is 2. The number of nitrogens with one attached hydrogen (secondary N) is 1. The van der Waals surface area contributed by atoms with Gasteiger partial charge in [-0.25, -0.2) is 0 Å². The zero-order valence-corrected chi connectivity index (χ0v) is 13.5. The summed E-state index contributed by atoms with van der Waals surface area (Å²) >= 11 is 0. The Morgan fingerprint density at radius 1 is 1.29 bits per heavy atom. The van der Waals surface area contributed by atoms with E-state index < -0.39 is 0 Å². The van der Waals surface area contributed by atoms with Crippen molar-refractivity contribution in [3.8, 4) is 11.8 Å². The molecule has 0 fully saturated rings. The molecule has 3 N–H and O–H groups in total. The van der Waals surface area contributed by atoms with Gasteiger partial charge >= 0.3 is 0 Å². The fraction of sp³-hybridized carbons (Fsp3) is 0.500. The van der Waals surface area contributed by atoms with Gasteiger partial charge in [0.05, 0.1) is 6.54 Å². The Bertz CT molecular complexity index is 536. The van der Waals surface area contributed by atoms with Crippen molar-refractivity contribution < 1.29 is 4.79 Å². The maximum absolute atomic E-state index is 12.4. The molecule has 0 aromatic heterocycles. The van der Waals surface area contributed by atoms with Crippen LogP contribution in [0.1, 0.15) is 55.1 Å². The van der Waals surface area contributed by atoms with Crippen molar-refractivity contribution in [2.24, 2.45) is 11.7 Å². The van der Waals surface area contributed by atoms with E-state index in [-0.39, 0.29) is 11.9 Å². The molecule has 0 heterocycles. The SMILES string of the molecule is CCC(CC)C(C)NC(=O)c1cc(C)cc(C#CCN)c1. The van der Waals surface area contributed by atoms with Crippen molar-refractivity contribution in [2.75, 3.05) is 6.54 Å². The normalized spacial score (nSPS) is 11.7. The van der Waals surface area contributed by atoms with Crippen molar-refractivity contribution in [1.82, 2.24) is 5.32 Å². The van der Waals surface area contributed by atoms with E-state index in [9.17, 15) is 4.79 Å². The summed E-state index contributed by atoms with van der Waals surface area (Å²) in [6, 6.07) is 5.85. The van der Waals surface area contributed by atoms with E-state index in [2.05, 4.69) is 37.9 Å². The summed E-state index contributed by atoms with van der Waals surface area (Å²) in [7, 11) is 0. The number of hydrogen-bond donors (Lipinski definition) is 2. The van der Waals surface area contributed by atoms with E-state index in [0.29, 0.717) is 18.0 Å². The van der Waals surface area contributed by atoms with Crippen molar-refractivity contribution in [1.29, 1.82) is 0 Å². The number of carbonyl (C=O) groups is 1. The molecular weight excluding hydrogens is 260 g/mol. The molecule has 1 amide bonds.